The summed E-state index contributed by atoms with van der Waals surface area (Å²) in [5.41, 5.74) is 1.70. The number of carbonyl (C=O) groups excluding carboxylic acids is 2. The van der Waals surface area contributed by atoms with Gasteiger partial charge in [-0.3, -0.25) is 9.35 Å². The average molecular weight is 410 g/mol. The number of nitrogens with zero attached hydrogens (tertiary/aromatic N) is 1. The molecule has 10 heteroatoms. The molecule has 0 bridgehead atoms. The van der Waals surface area contributed by atoms with Crippen molar-refractivity contribution in [1.29, 1.82) is 0 Å². The molecule has 0 spiro atoms. The topological polar surface area (TPSA) is 133 Å². The van der Waals surface area contributed by atoms with Gasteiger partial charge in [0.1, 0.15) is 10.6 Å². The van der Waals surface area contributed by atoms with Gasteiger partial charge in [0.15, 0.2) is 0 Å². The van der Waals surface area contributed by atoms with Crippen molar-refractivity contribution in [3.63, 3.8) is 0 Å². The first-order chi connectivity index (χ1) is 13.3. The molecule has 152 valence electrons. The summed E-state index contributed by atoms with van der Waals surface area (Å²) in [7, 11) is -3.38. The highest BCUT2D eigenvalue weighted by molar-refractivity contribution is 7.86. The summed E-state index contributed by atoms with van der Waals surface area (Å²) >= 11 is 0. The number of rotatable bonds is 6. The number of aryl methyl sites for hydroxylation is 2. The van der Waals surface area contributed by atoms with E-state index in [1.807, 2.05) is 0 Å². The lowest BCUT2D eigenvalue weighted by Crippen LogP contribution is -2.31. The van der Waals surface area contributed by atoms with Gasteiger partial charge in [0.25, 0.3) is 16.0 Å². The Balaban J connectivity index is 2.07. The Morgan fingerprint density at radius 1 is 1.25 bits per heavy atom. The molecule has 0 unspecified atom stereocenters. The van der Waals surface area contributed by atoms with Gasteiger partial charge in [0.2, 0.25) is 0 Å². The number of nitrogens with one attached hydrogen (secondary N) is 1. The number of amides is 1. The molecule has 2 aliphatic rings. The number of hydrogen-bond donors (Lipinski definition) is 3. The van der Waals surface area contributed by atoms with Crippen molar-refractivity contribution in [3.8, 4) is 0 Å². The predicted molar refractivity (Wildman–Crippen MR) is 99.2 cm³/mol. The third-order valence-electron chi connectivity index (χ3n) is 4.94. The molecule has 1 heterocycles. The summed E-state index contributed by atoms with van der Waals surface area (Å²) in [5.74, 6) is -1.30. The first kappa shape index (κ1) is 20.3. The van der Waals surface area contributed by atoms with Crippen LogP contribution in [0.5, 0.6) is 0 Å². The lowest BCUT2D eigenvalue weighted by molar-refractivity contribution is -0.136. The fraction of sp³-hybridized carbons (Fsp3) is 0.444. The van der Waals surface area contributed by atoms with E-state index in [4.69, 9.17) is 9.84 Å². The van der Waals surface area contributed by atoms with Crippen LogP contribution in [0.25, 0.3) is 0 Å². The van der Waals surface area contributed by atoms with Gasteiger partial charge in [-0.1, -0.05) is 0 Å². The molecular weight excluding hydrogens is 388 g/mol. The molecule has 0 atom stereocenters. The van der Waals surface area contributed by atoms with Crippen LogP contribution in [-0.2, 0) is 37.3 Å². The first-order valence-corrected chi connectivity index (χ1v) is 10.3. The fourth-order valence-corrected chi connectivity index (χ4v) is 4.24. The number of aliphatic hydroxyl groups excluding tert-OH is 1. The zero-order valence-corrected chi connectivity index (χ0v) is 16.2. The highest BCUT2D eigenvalue weighted by Crippen LogP contribution is 2.33. The SMILES string of the molecule is COC(=O)C1=C(Nc2cc3c(cc2S(=O)(=O)O)CCCC3)C(=O)N(CCO)C1. The molecule has 9 nitrogen and oxygen atoms in total. The van der Waals surface area contributed by atoms with Crippen LogP contribution in [-0.4, -0.2) is 61.7 Å². The molecule has 3 rings (SSSR count). The monoisotopic (exact) mass is 410 g/mol. The van der Waals surface area contributed by atoms with Crippen molar-refractivity contribution in [2.75, 3.05) is 32.1 Å². The fourth-order valence-electron chi connectivity index (χ4n) is 3.56. The second-order valence-electron chi connectivity index (χ2n) is 6.72. The molecule has 0 saturated heterocycles. The number of β-amino-alcohol motifs (C(OH)–C–C–N with tert-alkyl or cyclic N) is 1. The zero-order chi connectivity index (χ0) is 20.5. The zero-order valence-electron chi connectivity index (χ0n) is 15.4. The van der Waals surface area contributed by atoms with Crippen LogP contribution in [0.2, 0.25) is 0 Å². The summed E-state index contributed by atoms with van der Waals surface area (Å²) in [5, 5.41) is 11.9. The Kier molecular flexibility index (Phi) is 5.73. The highest BCUT2D eigenvalue weighted by atomic mass is 32.2. The molecule has 0 aromatic heterocycles. The van der Waals surface area contributed by atoms with Crippen molar-refractivity contribution in [2.24, 2.45) is 0 Å². The summed E-state index contributed by atoms with van der Waals surface area (Å²) in [6.07, 6.45) is 3.34. The minimum absolute atomic E-state index is 0.0137. The van der Waals surface area contributed by atoms with Gasteiger partial charge in [-0.2, -0.15) is 8.42 Å². The van der Waals surface area contributed by atoms with Crippen LogP contribution < -0.4 is 5.32 Å². The van der Waals surface area contributed by atoms with Crippen LogP contribution in [0.1, 0.15) is 24.0 Å². The molecule has 28 heavy (non-hydrogen) atoms. The van der Waals surface area contributed by atoms with Gasteiger partial charge in [-0.25, -0.2) is 4.79 Å². The standard InChI is InChI=1S/C18H22N2O7S/c1-27-18(23)13-10-20(6-7-21)17(22)16(13)19-14-8-11-4-2-3-5-12(11)9-15(14)28(24,25)26/h8-9,19,21H,2-7,10H2,1H3,(H,24,25,26). The highest BCUT2D eigenvalue weighted by Gasteiger charge is 2.35. The molecule has 1 amide bonds. The van der Waals surface area contributed by atoms with Gasteiger partial charge >= 0.3 is 5.97 Å². The first-order valence-electron chi connectivity index (χ1n) is 8.88. The lowest BCUT2D eigenvalue weighted by atomic mass is 9.91. The maximum absolute atomic E-state index is 12.7. The Bertz CT molecular complexity index is 953. The van der Waals surface area contributed by atoms with E-state index in [2.05, 4.69) is 5.32 Å². The average Bonchev–Trinajstić information content (AvgIpc) is 2.96. The third kappa shape index (κ3) is 3.89. The number of benzene rings is 1. The molecule has 1 aromatic carbocycles. The smallest absolute Gasteiger partial charge is 0.337 e. The predicted octanol–water partition coefficient (Wildman–Crippen LogP) is 0.486. The molecular formula is C18H22N2O7S. The number of carbonyl (C=O) groups is 2. The van der Waals surface area contributed by atoms with Gasteiger partial charge in [-0.05, 0) is 48.9 Å². The molecule has 0 fully saturated rings. The van der Waals surface area contributed by atoms with Crippen molar-refractivity contribution in [1.82, 2.24) is 4.90 Å². The van der Waals surface area contributed by atoms with E-state index in [9.17, 15) is 22.6 Å². The van der Waals surface area contributed by atoms with Crippen LogP contribution in [0.15, 0.2) is 28.3 Å². The number of fused-ring (bicyclic) bond motifs is 1. The van der Waals surface area contributed by atoms with Gasteiger partial charge in [-0.15, -0.1) is 0 Å². The minimum atomic E-state index is -4.56. The molecule has 0 radical (unpaired) electrons. The van der Waals surface area contributed by atoms with E-state index < -0.39 is 22.0 Å². The Labute approximate surface area is 162 Å². The molecule has 3 N–H and O–H groups in total. The van der Waals surface area contributed by atoms with Gasteiger partial charge in [0.05, 0.1) is 31.5 Å². The van der Waals surface area contributed by atoms with Crippen molar-refractivity contribution in [3.05, 3.63) is 34.5 Å². The van der Waals surface area contributed by atoms with E-state index in [1.54, 1.807) is 6.07 Å². The third-order valence-corrected chi connectivity index (χ3v) is 5.83. The van der Waals surface area contributed by atoms with E-state index in [0.29, 0.717) is 6.42 Å². The minimum Gasteiger partial charge on any atom is -0.466 e. The maximum Gasteiger partial charge on any atom is 0.337 e. The summed E-state index contributed by atoms with van der Waals surface area (Å²) in [4.78, 5) is 25.7. The number of esters is 1. The molecule has 1 aliphatic carbocycles. The number of methoxy groups -OCH3 is 1. The summed E-state index contributed by atoms with van der Waals surface area (Å²) in [6, 6.07) is 3.01. The molecule has 1 aliphatic heterocycles. The lowest BCUT2D eigenvalue weighted by Gasteiger charge is -2.20. The molecule has 0 saturated carbocycles. The quantitative estimate of drug-likeness (QED) is 0.456. The Hall–Kier alpha value is -2.43. The normalized spacial score (nSPS) is 17.0. The van der Waals surface area contributed by atoms with Crippen molar-refractivity contribution < 1.29 is 32.4 Å². The largest absolute Gasteiger partial charge is 0.466 e. The maximum atomic E-state index is 12.7. The van der Waals surface area contributed by atoms with Crippen LogP contribution in [0, 0.1) is 0 Å². The summed E-state index contributed by atoms with van der Waals surface area (Å²) < 4.78 is 38.2. The second kappa shape index (κ2) is 7.90. The van der Waals surface area contributed by atoms with E-state index in [1.165, 1.54) is 18.1 Å². The Morgan fingerprint density at radius 2 is 1.89 bits per heavy atom. The van der Waals surface area contributed by atoms with Crippen LogP contribution in [0.3, 0.4) is 0 Å². The second-order valence-corrected chi connectivity index (χ2v) is 8.11. The van der Waals surface area contributed by atoms with Gasteiger partial charge < -0.3 is 20.1 Å². The van der Waals surface area contributed by atoms with Crippen molar-refractivity contribution >= 4 is 27.7 Å². The van der Waals surface area contributed by atoms with Crippen LogP contribution >= 0.6 is 0 Å². The van der Waals surface area contributed by atoms with Crippen LogP contribution in [0.4, 0.5) is 5.69 Å². The van der Waals surface area contributed by atoms with E-state index in [0.717, 1.165) is 30.4 Å². The Morgan fingerprint density at radius 3 is 2.46 bits per heavy atom. The number of aliphatic hydroxyl groups is 1. The van der Waals surface area contributed by atoms with Crippen molar-refractivity contribution in [2.45, 2.75) is 30.6 Å². The molecule has 1 aromatic rings. The van der Waals surface area contributed by atoms with E-state index in [-0.39, 0.29) is 41.5 Å². The summed E-state index contributed by atoms with van der Waals surface area (Å²) in [6.45, 7) is -0.344. The van der Waals surface area contributed by atoms with E-state index >= 15 is 0 Å². The number of ether oxygens (including phenoxy) is 1. The number of hydrogen-bond acceptors (Lipinski definition) is 7. The van der Waals surface area contributed by atoms with Gasteiger partial charge in [0, 0.05) is 6.54 Å². The number of anilines is 1.